The number of halogens is 3. The Balaban J connectivity index is 0.00000261. The van der Waals surface area contributed by atoms with Gasteiger partial charge in [-0.25, -0.2) is 8.42 Å². The summed E-state index contributed by atoms with van der Waals surface area (Å²) in [6.45, 7) is 0. The molecule has 0 spiro atoms. The minimum atomic E-state index is -4.71. The Morgan fingerprint density at radius 1 is 0.926 bits per heavy atom. The fourth-order valence-corrected chi connectivity index (χ4v) is 5.49. The van der Waals surface area contributed by atoms with Gasteiger partial charge in [0.2, 0.25) is 0 Å². The molecule has 3 rings (SSSR count). The second-order valence-corrected chi connectivity index (χ2v) is 9.20. The van der Waals surface area contributed by atoms with Crippen LogP contribution in [0.2, 0.25) is 0 Å². The van der Waals surface area contributed by atoms with Crippen molar-refractivity contribution in [1.82, 2.24) is 0 Å². The molecule has 2 N–H and O–H groups in total. The van der Waals surface area contributed by atoms with Crippen LogP contribution in [0.1, 0.15) is 0 Å². The van der Waals surface area contributed by atoms with Gasteiger partial charge in [0.15, 0.2) is 0 Å². The number of hydrogen-bond acceptors (Lipinski definition) is 6. The number of nitrogens with two attached hydrogens (primary N) is 1. The van der Waals surface area contributed by atoms with Crippen molar-refractivity contribution in [3.05, 3.63) is 55.9 Å². The molecule has 6 nitrogen and oxygen atoms in total. The van der Waals surface area contributed by atoms with E-state index in [1.54, 1.807) is 30.3 Å². The molecule has 0 saturated carbocycles. The molecule has 11 heteroatoms. The maximum atomic E-state index is 11.6. The summed E-state index contributed by atoms with van der Waals surface area (Å²) in [5.41, 5.74) is 6.94. The number of hydrogen-bond donors (Lipinski definition) is 1. The third-order valence-corrected chi connectivity index (χ3v) is 6.08. The smallest absolute Gasteiger partial charge is 0.744 e. The molecule has 0 atom stereocenters. The van der Waals surface area contributed by atoms with E-state index in [0.717, 1.165) is 10.5 Å². The van der Waals surface area contributed by atoms with Crippen molar-refractivity contribution in [2.75, 3.05) is 5.73 Å². The van der Waals surface area contributed by atoms with Crippen molar-refractivity contribution >= 4 is 85.7 Å². The Kier molecular flexibility index (Phi) is 7.65. The molecule has 134 valence electrons. The summed E-state index contributed by atoms with van der Waals surface area (Å²) in [5, 5.41) is 8.89. The van der Waals surface area contributed by atoms with Crippen LogP contribution in [0, 0.1) is 0 Å². The second kappa shape index (κ2) is 9.00. The van der Waals surface area contributed by atoms with Gasteiger partial charge in [-0.1, -0.05) is 40.2 Å². The first-order valence-corrected chi connectivity index (χ1v) is 10.8. The standard InChI is InChI=1S/C16H10Br3N3O3S.Na/c17-8-5-11(18)16(12(19)6-8)22-21-13-7-14(26(23,24)25)9-3-1-2-4-10(9)15(13)20;/h1-7H,20H2,(H,23,24,25);/q;+1/p-1. The minimum absolute atomic E-state index is 0. The number of nitrogen functional groups attached to an aromatic ring is 1. The van der Waals surface area contributed by atoms with Gasteiger partial charge in [-0.3, -0.25) is 0 Å². The Hall–Kier alpha value is -0.330. The quantitative estimate of drug-likeness (QED) is 0.221. The molecule has 27 heavy (non-hydrogen) atoms. The van der Waals surface area contributed by atoms with Crippen LogP contribution < -0.4 is 35.3 Å². The molecule has 0 bridgehead atoms. The first-order chi connectivity index (χ1) is 12.2. The van der Waals surface area contributed by atoms with Crippen molar-refractivity contribution in [3.8, 4) is 0 Å². The molecule has 3 aromatic rings. The van der Waals surface area contributed by atoms with E-state index in [1.807, 2.05) is 0 Å². The first kappa shape index (κ1) is 23.0. The second-order valence-electron chi connectivity index (χ2n) is 5.23. The van der Waals surface area contributed by atoms with Crippen molar-refractivity contribution in [1.29, 1.82) is 0 Å². The minimum Gasteiger partial charge on any atom is -0.744 e. The van der Waals surface area contributed by atoms with Gasteiger partial charge < -0.3 is 10.3 Å². The van der Waals surface area contributed by atoms with E-state index in [2.05, 4.69) is 58.0 Å². The van der Waals surface area contributed by atoms with E-state index in [9.17, 15) is 13.0 Å². The normalized spacial score (nSPS) is 11.7. The van der Waals surface area contributed by atoms with Crippen LogP contribution in [0.15, 0.2) is 71.0 Å². The zero-order chi connectivity index (χ0) is 19.1. The molecule has 0 radical (unpaired) electrons. The van der Waals surface area contributed by atoms with E-state index < -0.39 is 10.1 Å². The van der Waals surface area contributed by atoms with Crippen LogP contribution >= 0.6 is 47.8 Å². The number of benzene rings is 3. The molecule has 0 amide bonds. The zero-order valence-corrected chi connectivity index (χ0v) is 21.4. The van der Waals surface area contributed by atoms with Gasteiger partial charge in [0.1, 0.15) is 21.5 Å². The molecule has 0 aliphatic heterocycles. The SMILES string of the molecule is Nc1c(N=Nc2c(Br)cc(Br)cc2Br)cc(S(=O)(=O)[O-])c2ccccc12.[Na+]. The number of nitrogens with zero attached hydrogens (tertiary/aromatic N) is 2. The average Bonchev–Trinajstić information content (AvgIpc) is 2.54. The van der Waals surface area contributed by atoms with Crippen LogP contribution in [0.3, 0.4) is 0 Å². The monoisotopic (exact) mass is 583 g/mol. The molecule has 3 aromatic carbocycles. The molecule has 0 aliphatic rings. The van der Waals surface area contributed by atoms with Crippen molar-refractivity contribution in [2.45, 2.75) is 4.90 Å². The Morgan fingerprint density at radius 2 is 1.48 bits per heavy atom. The van der Waals surface area contributed by atoms with Gasteiger partial charge in [-0.05, 0) is 50.1 Å². The number of azo groups is 1. The molecular weight excluding hydrogens is 577 g/mol. The van der Waals surface area contributed by atoms with Crippen molar-refractivity contribution < 1.29 is 42.5 Å². The van der Waals surface area contributed by atoms with Gasteiger partial charge in [-0.2, -0.15) is 0 Å². The molecule has 0 aromatic heterocycles. The molecule has 0 aliphatic carbocycles. The van der Waals surface area contributed by atoms with Crippen LogP contribution in [0.25, 0.3) is 10.8 Å². The summed E-state index contributed by atoms with van der Waals surface area (Å²) >= 11 is 10.1. The van der Waals surface area contributed by atoms with Crippen LogP contribution in [-0.4, -0.2) is 13.0 Å². The molecular formula is C16H9Br3N3NaO3S. The summed E-state index contributed by atoms with van der Waals surface area (Å²) in [5.74, 6) is 0. The van der Waals surface area contributed by atoms with E-state index in [-0.39, 0.29) is 51.2 Å². The number of fused-ring (bicyclic) bond motifs is 1. The fourth-order valence-electron chi connectivity index (χ4n) is 2.37. The fraction of sp³-hybridized carbons (Fsp3) is 0. The number of rotatable bonds is 3. The van der Waals surface area contributed by atoms with Crippen LogP contribution in [-0.2, 0) is 10.1 Å². The summed E-state index contributed by atoms with van der Waals surface area (Å²) < 4.78 is 37.1. The topological polar surface area (TPSA) is 108 Å². The van der Waals surface area contributed by atoms with Gasteiger partial charge in [0, 0.05) is 24.2 Å². The third-order valence-electron chi connectivity index (χ3n) is 3.54. The van der Waals surface area contributed by atoms with Gasteiger partial charge in [-0.15, -0.1) is 10.2 Å². The van der Waals surface area contributed by atoms with Crippen LogP contribution in [0.4, 0.5) is 17.1 Å². The van der Waals surface area contributed by atoms with Gasteiger partial charge in [0.05, 0.1) is 10.6 Å². The summed E-state index contributed by atoms with van der Waals surface area (Å²) in [6.07, 6.45) is 0. The Labute approximate surface area is 203 Å². The van der Waals surface area contributed by atoms with E-state index in [0.29, 0.717) is 20.0 Å². The molecule has 0 saturated heterocycles. The Bertz CT molecular complexity index is 1150. The molecule has 0 unspecified atom stereocenters. The maximum absolute atomic E-state index is 11.6. The van der Waals surface area contributed by atoms with E-state index in [4.69, 9.17) is 5.73 Å². The van der Waals surface area contributed by atoms with Gasteiger partial charge in [0.25, 0.3) is 0 Å². The first-order valence-electron chi connectivity index (χ1n) is 7.02. The summed E-state index contributed by atoms with van der Waals surface area (Å²) in [6, 6.07) is 11.2. The van der Waals surface area contributed by atoms with Crippen molar-refractivity contribution in [3.63, 3.8) is 0 Å². The summed E-state index contributed by atoms with van der Waals surface area (Å²) in [4.78, 5) is -0.384. The predicted octanol–water partition coefficient (Wildman–Crippen LogP) is 3.03. The van der Waals surface area contributed by atoms with E-state index in [1.165, 1.54) is 6.07 Å². The van der Waals surface area contributed by atoms with E-state index >= 15 is 0 Å². The molecule has 0 fully saturated rings. The zero-order valence-electron chi connectivity index (χ0n) is 13.8. The average molecular weight is 586 g/mol. The van der Waals surface area contributed by atoms with Crippen LogP contribution in [0.5, 0.6) is 0 Å². The third kappa shape index (κ3) is 4.99. The van der Waals surface area contributed by atoms with Gasteiger partial charge >= 0.3 is 29.6 Å². The molecule has 0 heterocycles. The Morgan fingerprint density at radius 3 is 2.04 bits per heavy atom. The predicted molar refractivity (Wildman–Crippen MR) is 110 cm³/mol. The van der Waals surface area contributed by atoms with Crippen molar-refractivity contribution in [2.24, 2.45) is 10.2 Å². The largest absolute Gasteiger partial charge is 1.00 e. The number of anilines is 1. The summed E-state index contributed by atoms with van der Waals surface area (Å²) in [7, 11) is -4.71. The maximum Gasteiger partial charge on any atom is 1.00 e.